The van der Waals surface area contributed by atoms with E-state index in [0.29, 0.717) is 18.3 Å². The number of ether oxygens (including phenoxy) is 2. The van der Waals surface area contributed by atoms with E-state index in [2.05, 4.69) is 24.5 Å². The standard InChI is InChI=1S/C20H26N2O3/c1-15(2)12-13-25-17-10-8-16(9-11-17)22-20(23)14-21-18-6-4-5-7-19(18)24-3/h4-11,15,21H,12-14H2,1-3H3,(H,22,23). The van der Waals surface area contributed by atoms with Gasteiger partial charge in [0, 0.05) is 5.69 Å². The Morgan fingerprint density at radius 1 is 1.08 bits per heavy atom. The zero-order valence-corrected chi connectivity index (χ0v) is 15.0. The number of anilines is 2. The summed E-state index contributed by atoms with van der Waals surface area (Å²) in [7, 11) is 1.60. The molecule has 0 atom stereocenters. The van der Waals surface area contributed by atoms with E-state index in [4.69, 9.17) is 9.47 Å². The van der Waals surface area contributed by atoms with Crippen molar-refractivity contribution in [1.29, 1.82) is 0 Å². The van der Waals surface area contributed by atoms with E-state index in [1.807, 2.05) is 48.5 Å². The lowest BCUT2D eigenvalue weighted by molar-refractivity contribution is -0.114. The summed E-state index contributed by atoms with van der Waals surface area (Å²) in [5.41, 5.74) is 1.53. The average molecular weight is 342 g/mol. The summed E-state index contributed by atoms with van der Waals surface area (Å²) in [6.07, 6.45) is 1.02. The SMILES string of the molecule is COc1ccccc1NCC(=O)Nc1ccc(OCCC(C)C)cc1. The van der Waals surface area contributed by atoms with Crippen molar-refractivity contribution >= 4 is 17.3 Å². The molecular formula is C20H26N2O3. The first-order valence-electron chi connectivity index (χ1n) is 8.48. The second kappa shape index (κ2) is 9.57. The van der Waals surface area contributed by atoms with Crippen LogP contribution in [-0.2, 0) is 4.79 Å². The maximum atomic E-state index is 12.1. The number of methoxy groups -OCH3 is 1. The lowest BCUT2D eigenvalue weighted by Crippen LogP contribution is -2.21. The predicted molar refractivity (Wildman–Crippen MR) is 102 cm³/mol. The highest BCUT2D eigenvalue weighted by Gasteiger charge is 2.06. The highest BCUT2D eigenvalue weighted by molar-refractivity contribution is 5.94. The van der Waals surface area contributed by atoms with Gasteiger partial charge >= 0.3 is 0 Å². The fourth-order valence-electron chi connectivity index (χ4n) is 2.22. The van der Waals surface area contributed by atoms with Crippen LogP contribution in [0, 0.1) is 5.92 Å². The number of benzene rings is 2. The molecule has 0 aliphatic heterocycles. The third-order valence-corrected chi connectivity index (χ3v) is 3.65. The van der Waals surface area contributed by atoms with Crippen LogP contribution in [0.2, 0.25) is 0 Å². The van der Waals surface area contributed by atoms with Crippen molar-refractivity contribution in [3.05, 3.63) is 48.5 Å². The number of carbonyl (C=O) groups is 1. The van der Waals surface area contributed by atoms with Crippen molar-refractivity contribution in [2.24, 2.45) is 5.92 Å². The number of nitrogens with one attached hydrogen (secondary N) is 2. The van der Waals surface area contributed by atoms with Crippen LogP contribution in [0.5, 0.6) is 11.5 Å². The predicted octanol–water partition coefficient (Wildman–Crippen LogP) is 4.17. The number of para-hydroxylation sites is 2. The Morgan fingerprint density at radius 2 is 1.80 bits per heavy atom. The van der Waals surface area contributed by atoms with Gasteiger partial charge in [0.2, 0.25) is 5.91 Å². The highest BCUT2D eigenvalue weighted by Crippen LogP contribution is 2.22. The number of rotatable bonds is 9. The summed E-state index contributed by atoms with van der Waals surface area (Å²) in [6.45, 7) is 5.20. The molecule has 0 saturated heterocycles. The Morgan fingerprint density at radius 3 is 2.48 bits per heavy atom. The molecule has 2 rings (SSSR count). The van der Waals surface area contributed by atoms with Crippen LogP contribution in [0.3, 0.4) is 0 Å². The van der Waals surface area contributed by atoms with Gasteiger partial charge in [-0.05, 0) is 48.7 Å². The molecule has 5 heteroatoms. The normalized spacial score (nSPS) is 10.4. The average Bonchev–Trinajstić information content (AvgIpc) is 2.61. The molecule has 0 saturated carbocycles. The van der Waals surface area contributed by atoms with Crippen molar-refractivity contribution in [3.63, 3.8) is 0 Å². The van der Waals surface area contributed by atoms with Gasteiger partial charge in [0.25, 0.3) is 0 Å². The number of carbonyl (C=O) groups excluding carboxylic acids is 1. The van der Waals surface area contributed by atoms with Gasteiger partial charge in [0.05, 0.1) is 25.9 Å². The Hall–Kier alpha value is -2.69. The molecular weight excluding hydrogens is 316 g/mol. The van der Waals surface area contributed by atoms with Crippen molar-refractivity contribution < 1.29 is 14.3 Å². The van der Waals surface area contributed by atoms with E-state index >= 15 is 0 Å². The number of amides is 1. The molecule has 0 bridgehead atoms. The third-order valence-electron chi connectivity index (χ3n) is 3.65. The summed E-state index contributed by atoms with van der Waals surface area (Å²) >= 11 is 0. The van der Waals surface area contributed by atoms with Crippen LogP contribution in [0.4, 0.5) is 11.4 Å². The summed E-state index contributed by atoms with van der Waals surface area (Å²) in [6, 6.07) is 14.9. The van der Waals surface area contributed by atoms with Crippen molar-refractivity contribution in [2.75, 3.05) is 30.9 Å². The molecule has 2 aromatic rings. The van der Waals surface area contributed by atoms with E-state index in [-0.39, 0.29) is 12.5 Å². The molecule has 0 aliphatic carbocycles. The van der Waals surface area contributed by atoms with Gasteiger partial charge in [-0.25, -0.2) is 0 Å². The molecule has 0 heterocycles. The Kier molecular flexibility index (Phi) is 7.14. The number of hydrogen-bond acceptors (Lipinski definition) is 4. The molecule has 5 nitrogen and oxygen atoms in total. The van der Waals surface area contributed by atoms with Gasteiger partial charge in [-0.15, -0.1) is 0 Å². The summed E-state index contributed by atoms with van der Waals surface area (Å²) in [4.78, 5) is 12.1. The fourth-order valence-corrected chi connectivity index (χ4v) is 2.22. The topological polar surface area (TPSA) is 59.6 Å². The van der Waals surface area contributed by atoms with Crippen LogP contribution in [0.25, 0.3) is 0 Å². The molecule has 0 spiro atoms. The Labute approximate surface area is 149 Å². The second-order valence-electron chi connectivity index (χ2n) is 6.16. The second-order valence-corrected chi connectivity index (χ2v) is 6.16. The minimum absolute atomic E-state index is 0.126. The fraction of sp³-hybridized carbons (Fsp3) is 0.350. The molecule has 0 fully saturated rings. The van der Waals surface area contributed by atoms with Gasteiger partial charge in [0.15, 0.2) is 0 Å². The van der Waals surface area contributed by atoms with Crippen molar-refractivity contribution in [3.8, 4) is 11.5 Å². The molecule has 2 aromatic carbocycles. The smallest absolute Gasteiger partial charge is 0.243 e. The molecule has 0 aliphatic rings. The van der Waals surface area contributed by atoms with Gasteiger partial charge in [0.1, 0.15) is 11.5 Å². The van der Waals surface area contributed by atoms with Gasteiger partial charge in [-0.3, -0.25) is 4.79 Å². The van der Waals surface area contributed by atoms with Crippen LogP contribution >= 0.6 is 0 Å². The van der Waals surface area contributed by atoms with Crippen LogP contribution in [0.15, 0.2) is 48.5 Å². The first-order chi connectivity index (χ1) is 12.1. The zero-order chi connectivity index (χ0) is 18.1. The maximum absolute atomic E-state index is 12.1. The van der Waals surface area contributed by atoms with E-state index in [1.165, 1.54) is 0 Å². The largest absolute Gasteiger partial charge is 0.495 e. The first-order valence-corrected chi connectivity index (χ1v) is 8.48. The lowest BCUT2D eigenvalue weighted by Gasteiger charge is -2.12. The quantitative estimate of drug-likeness (QED) is 0.718. The monoisotopic (exact) mass is 342 g/mol. The molecule has 2 N–H and O–H groups in total. The number of hydrogen-bond donors (Lipinski definition) is 2. The molecule has 0 aromatic heterocycles. The highest BCUT2D eigenvalue weighted by atomic mass is 16.5. The summed E-state index contributed by atoms with van der Waals surface area (Å²) < 4.78 is 10.9. The summed E-state index contributed by atoms with van der Waals surface area (Å²) in [5.74, 6) is 2.01. The van der Waals surface area contributed by atoms with E-state index in [9.17, 15) is 4.79 Å². The Balaban J connectivity index is 1.80. The van der Waals surface area contributed by atoms with Gasteiger partial charge in [-0.1, -0.05) is 26.0 Å². The molecule has 134 valence electrons. The van der Waals surface area contributed by atoms with Gasteiger partial charge in [-0.2, -0.15) is 0 Å². The third kappa shape index (κ3) is 6.37. The van der Waals surface area contributed by atoms with Crippen molar-refractivity contribution in [1.82, 2.24) is 0 Å². The lowest BCUT2D eigenvalue weighted by atomic mass is 10.1. The Bertz CT molecular complexity index is 669. The maximum Gasteiger partial charge on any atom is 0.243 e. The van der Waals surface area contributed by atoms with Crippen LogP contribution in [-0.4, -0.2) is 26.2 Å². The molecule has 1 amide bonds. The minimum Gasteiger partial charge on any atom is -0.495 e. The van der Waals surface area contributed by atoms with E-state index < -0.39 is 0 Å². The van der Waals surface area contributed by atoms with Crippen LogP contribution < -0.4 is 20.1 Å². The zero-order valence-electron chi connectivity index (χ0n) is 15.0. The first kappa shape index (κ1) is 18.6. The molecule has 0 radical (unpaired) electrons. The molecule has 0 unspecified atom stereocenters. The van der Waals surface area contributed by atoms with E-state index in [0.717, 1.165) is 23.5 Å². The minimum atomic E-state index is -0.126. The van der Waals surface area contributed by atoms with Gasteiger partial charge < -0.3 is 20.1 Å². The van der Waals surface area contributed by atoms with Crippen molar-refractivity contribution in [2.45, 2.75) is 20.3 Å². The summed E-state index contributed by atoms with van der Waals surface area (Å²) in [5, 5.41) is 5.93. The van der Waals surface area contributed by atoms with Crippen LogP contribution in [0.1, 0.15) is 20.3 Å². The molecule has 25 heavy (non-hydrogen) atoms. The van der Waals surface area contributed by atoms with E-state index in [1.54, 1.807) is 7.11 Å².